The molecule has 2 heterocycles. The Bertz CT molecular complexity index is 365. The Morgan fingerprint density at radius 1 is 1.53 bits per heavy atom. The number of aryl methyl sites for hydroxylation is 1. The van der Waals surface area contributed by atoms with Crippen LogP contribution >= 0.6 is 0 Å². The van der Waals surface area contributed by atoms with Crippen LogP contribution in [-0.2, 0) is 4.74 Å². The highest BCUT2D eigenvalue weighted by molar-refractivity contribution is 5.31. The molecule has 1 aliphatic heterocycles. The van der Waals surface area contributed by atoms with Crippen molar-refractivity contribution in [2.45, 2.75) is 32.3 Å². The minimum absolute atomic E-state index is 0.205. The highest BCUT2D eigenvalue weighted by Crippen LogP contribution is 2.18. The van der Waals surface area contributed by atoms with Crippen molar-refractivity contribution >= 4 is 5.95 Å². The van der Waals surface area contributed by atoms with Crippen LogP contribution in [0.1, 0.15) is 24.8 Å². The van der Waals surface area contributed by atoms with Gasteiger partial charge in [-0.2, -0.15) is 4.98 Å². The van der Waals surface area contributed by atoms with E-state index in [9.17, 15) is 0 Å². The molecule has 2 rings (SSSR count). The molecule has 0 aliphatic carbocycles. The second-order valence-corrected chi connectivity index (χ2v) is 4.23. The molecule has 0 spiro atoms. The maximum atomic E-state index is 5.70. The summed E-state index contributed by atoms with van der Waals surface area (Å²) in [6, 6.07) is 0. The number of hydrogen-bond donors (Lipinski definition) is 1. The molecule has 0 saturated carbocycles. The van der Waals surface area contributed by atoms with E-state index < -0.39 is 0 Å². The first-order chi connectivity index (χ1) is 8.29. The zero-order valence-corrected chi connectivity index (χ0v) is 10.4. The van der Waals surface area contributed by atoms with Gasteiger partial charge in [0.2, 0.25) is 11.8 Å². The maximum absolute atomic E-state index is 5.70. The third-order valence-corrected chi connectivity index (χ3v) is 2.83. The fraction of sp³-hybridized carbons (Fsp3) is 0.667. The van der Waals surface area contributed by atoms with Crippen molar-refractivity contribution in [3.05, 3.63) is 11.8 Å². The van der Waals surface area contributed by atoms with Crippen molar-refractivity contribution in [2.75, 3.05) is 25.6 Å². The van der Waals surface area contributed by atoms with E-state index in [2.05, 4.69) is 15.3 Å². The fourth-order valence-electron chi connectivity index (χ4n) is 1.80. The summed E-state index contributed by atoms with van der Waals surface area (Å²) < 4.78 is 11.3. The summed E-state index contributed by atoms with van der Waals surface area (Å²) in [6.45, 7) is 3.36. The van der Waals surface area contributed by atoms with E-state index in [0.29, 0.717) is 18.4 Å². The zero-order chi connectivity index (χ0) is 12.1. The summed E-state index contributed by atoms with van der Waals surface area (Å²) in [7, 11) is 1.79. The normalized spacial score (nSPS) is 20.0. The van der Waals surface area contributed by atoms with E-state index >= 15 is 0 Å². The minimum atomic E-state index is 0.205. The van der Waals surface area contributed by atoms with Crippen molar-refractivity contribution in [3.63, 3.8) is 0 Å². The largest absolute Gasteiger partial charge is 0.475 e. The van der Waals surface area contributed by atoms with E-state index in [-0.39, 0.29) is 6.10 Å². The van der Waals surface area contributed by atoms with Gasteiger partial charge in [-0.1, -0.05) is 0 Å². The second-order valence-electron chi connectivity index (χ2n) is 4.23. The molecule has 1 aromatic rings. The molecule has 5 nitrogen and oxygen atoms in total. The molecule has 1 aromatic heterocycles. The van der Waals surface area contributed by atoms with Gasteiger partial charge < -0.3 is 14.8 Å². The Hall–Kier alpha value is -1.36. The van der Waals surface area contributed by atoms with Gasteiger partial charge in [-0.3, -0.25) is 0 Å². The Morgan fingerprint density at radius 3 is 3.12 bits per heavy atom. The lowest BCUT2D eigenvalue weighted by Crippen LogP contribution is -2.26. The monoisotopic (exact) mass is 237 g/mol. The summed E-state index contributed by atoms with van der Waals surface area (Å²) in [4.78, 5) is 8.39. The van der Waals surface area contributed by atoms with Gasteiger partial charge in [0, 0.05) is 25.4 Å². The quantitative estimate of drug-likeness (QED) is 0.865. The average Bonchev–Trinajstić information content (AvgIpc) is 2.39. The summed E-state index contributed by atoms with van der Waals surface area (Å²) in [5.41, 5.74) is 0.944. The van der Waals surface area contributed by atoms with Crippen LogP contribution < -0.4 is 10.1 Å². The molecule has 0 amide bonds. The van der Waals surface area contributed by atoms with Crippen molar-refractivity contribution in [1.29, 1.82) is 0 Å². The lowest BCUT2D eigenvalue weighted by atomic mass is 10.1. The standard InChI is InChI=1S/C12H19N3O2/c1-9-7-14-12(13-2)15-11(9)17-8-10-5-3-4-6-16-10/h7,10H,3-6,8H2,1-2H3,(H,13,14,15). The third-order valence-electron chi connectivity index (χ3n) is 2.83. The van der Waals surface area contributed by atoms with Gasteiger partial charge in [0.1, 0.15) is 6.61 Å². The third kappa shape index (κ3) is 3.30. The van der Waals surface area contributed by atoms with Crippen LogP contribution in [0.15, 0.2) is 6.20 Å². The molecule has 0 aromatic carbocycles. The first-order valence-electron chi connectivity index (χ1n) is 6.05. The molecule has 1 atom stereocenters. The molecule has 1 fully saturated rings. The number of anilines is 1. The first kappa shape index (κ1) is 12.1. The van der Waals surface area contributed by atoms with E-state index in [0.717, 1.165) is 25.0 Å². The topological polar surface area (TPSA) is 56.3 Å². The maximum Gasteiger partial charge on any atom is 0.225 e. The molecule has 0 radical (unpaired) electrons. The zero-order valence-electron chi connectivity index (χ0n) is 10.4. The molecule has 1 N–H and O–H groups in total. The first-order valence-corrected chi connectivity index (χ1v) is 6.05. The van der Waals surface area contributed by atoms with Crippen LogP contribution in [0.3, 0.4) is 0 Å². The van der Waals surface area contributed by atoms with Gasteiger partial charge in [-0.05, 0) is 26.2 Å². The molecule has 94 valence electrons. The number of nitrogens with one attached hydrogen (secondary N) is 1. The fourth-order valence-corrected chi connectivity index (χ4v) is 1.80. The predicted molar refractivity (Wildman–Crippen MR) is 65.4 cm³/mol. The molecule has 1 saturated heterocycles. The van der Waals surface area contributed by atoms with Crippen molar-refractivity contribution < 1.29 is 9.47 Å². The summed E-state index contributed by atoms with van der Waals surface area (Å²) >= 11 is 0. The van der Waals surface area contributed by atoms with Gasteiger partial charge in [0.05, 0.1) is 6.10 Å². The Labute approximate surface area is 102 Å². The molecular weight excluding hydrogens is 218 g/mol. The molecule has 1 unspecified atom stereocenters. The second kappa shape index (κ2) is 5.82. The van der Waals surface area contributed by atoms with Gasteiger partial charge >= 0.3 is 0 Å². The van der Waals surface area contributed by atoms with Crippen LogP contribution in [0.25, 0.3) is 0 Å². The van der Waals surface area contributed by atoms with Gasteiger partial charge in [0.25, 0.3) is 0 Å². The number of ether oxygens (including phenoxy) is 2. The highest BCUT2D eigenvalue weighted by atomic mass is 16.5. The van der Waals surface area contributed by atoms with Crippen LogP contribution in [0.4, 0.5) is 5.95 Å². The van der Waals surface area contributed by atoms with Gasteiger partial charge in [0.15, 0.2) is 0 Å². The van der Waals surface area contributed by atoms with E-state index in [4.69, 9.17) is 9.47 Å². The van der Waals surface area contributed by atoms with Crippen molar-refractivity contribution in [1.82, 2.24) is 9.97 Å². The Kier molecular flexibility index (Phi) is 4.14. The van der Waals surface area contributed by atoms with Crippen molar-refractivity contribution in [2.24, 2.45) is 0 Å². The van der Waals surface area contributed by atoms with Crippen LogP contribution in [0.2, 0.25) is 0 Å². The smallest absolute Gasteiger partial charge is 0.225 e. The molecule has 0 bridgehead atoms. The van der Waals surface area contributed by atoms with E-state index in [1.54, 1.807) is 13.2 Å². The van der Waals surface area contributed by atoms with Crippen LogP contribution in [-0.4, -0.2) is 36.3 Å². The summed E-state index contributed by atoms with van der Waals surface area (Å²) in [5.74, 6) is 1.22. The van der Waals surface area contributed by atoms with Gasteiger partial charge in [-0.25, -0.2) is 4.98 Å². The molecular formula is C12H19N3O2. The number of aromatic nitrogens is 2. The minimum Gasteiger partial charge on any atom is -0.475 e. The predicted octanol–water partition coefficient (Wildman–Crippen LogP) is 1.77. The molecule has 17 heavy (non-hydrogen) atoms. The van der Waals surface area contributed by atoms with Gasteiger partial charge in [-0.15, -0.1) is 0 Å². The van der Waals surface area contributed by atoms with Crippen molar-refractivity contribution in [3.8, 4) is 5.88 Å². The summed E-state index contributed by atoms with van der Waals surface area (Å²) in [6.07, 6.45) is 5.42. The van der Waals surface area contributed by atoms with E-state index in [1.165, 1.54) is 6.42 Å². The number of hydrogen-bond acceptors (Lipinski definition) is 5. The van der Waals surface area contributed by atoms with E-state index in [1.807, 2.05) is 6.92 Å². The lowest BCUT2D eigenvalue weighted by molar-refractivity contribution is -0.0120. The highest BCUT2D eigenvalue weighted by Gasteiger charge is 2.15. The van der Waals surface area contributed by atoms with Crippen LogP contribution in [0, 0.1) is 6.92 Å². The Balaban J connectivity index is 1.92. The molecule has 5 heteroatoms. The average molecular weight is 237 g/mol. The van der Waals surface area contributed by atoms with Crippen LogP contribution in [0.5, 0.6) is 5.88 Å². The lowest BCUT2D eigenvalue weighted by Gasteiger charge is -2.22. The summed E-state index contributed by atoms with van der Waals surface area (Å²) in [5, 5.41) is 2.90. The number of rotatable bonds is 4. The SMILES string of the molecule is CNc1ncc(C)c(OCC2CCCCO2)n1. The number of nitrogens with zero attached hydrogens (tertiary/aromatic N) is 2. The Morgan fingerprint density at radius 2 is 2.41 bits per heavy atom. The molecule has 1 aliphatic rings.